The lowest BCUT2D eigenvalue weighted by Crippen LogP contribution is -2.51. The lowest BCUT2D eigenvalue weighted by Gasteiger charge is -2.34. The Labute approximate surface area is 138 Å². The molecule has 0 spiro atoms. The van der Waals surface area contributed by atoms with Crippen molar-refractivity contribution in [1.82, 2.24) is 20.3 Å². The summed E-state index contributed by atoms with van der Waals surface area (Å²) < 4.78 is 0. The zero-order valence-electron chi connectivity index (χ0n) is 12.5. The number of piperazine rings is 1. The minimum Gasteiger partial charge on any atom is -0.396 e. The summed E-state index contributed by atoms with van der Waals surface area (Å²) in [5.74, 6) is 0.945. The number of aromatic nitrogens is 3. The van der Waals surface area contributed by atoms with Gasteiger partial charge in [0.1, 0.15) is 10.8 Å². The van der Waals surface area contributed by atoms with Crippen molar-refractivity contribution < 1.29 is 5.11 Å². The Kier molecular flexibility index (Phi) is 4.90. The second-order valence-corrected chi connectivity index (χ2v) is 5.78. The Morgan fingerprint density at radius 2 is 2.17 bits per heavy atom. The standard InChI is InChI=1S/C15H18ClN5O2/c16-12-14(21-7-6-18-11(9-21)3-8-22)19-13(20-15(12)23)10-1-4-17-5-2-10/h1-2,4-5,11,18,22H,3,6-9H2,(H,19,20,23)/t11-/m1/s1. The third kappa shape index (κ3) is 3.52. The highest BCUT2D eigenvalue weighted by Gasteiger charge is 2.23. The van der Waals surface area contributed by atoms with Crippen LogP contribution < -0.4 is 15.8 Å². The van der Waals surface area contributed by atoms with Crippen LogP contribution in [0.4, 0.5) is 5.82 Å². The van der Waals surface area contributed by atoms with E-state index in [9.17, 15) is 4.79 Å². The number of H-pyrrole nitrogens is 1. The molecule has 1 fully saturated rings. The van der Waals surface area contributed by atoms with Gasteiger partial charge < -0.3 is 20.3 Å². The number of aliphatic hydroxyl groups excluding tert-OH is 1. The fourth-order valence-corrected chi connectivity index (χ4v) is 2.88. The van der Waals surface area contributed by atoms with Gasteiger partial charge in [-0.1, -0.05) is 11.6 Å². The highest BCUT2D eigenvalue weighted by Crippen LogP contribution is 2.24. The van der Waals surface area contributed by atoms with Gasteiger partial charge in [0.2, 0.25) is 0 Å². The Morgan fingerprint density at radius 1 is 1.39 bits per heavy atom. The van der Waals surface area contributed by atoms with Crippen molar-refractivity contribution in [2.24, 2.45) is 0 Å². The fourth-order valence-electron chi connectivity index (χ4n) is 2.67. The van der Waals surface area contributed by atoms with E-state index >= 15 is 0 Å². The number of pyridine rings is 1. The lowest BCUT2D eigenvalue weighted by atomic mass is 10.1. The van der Waals surface area contributed by atoms with Crippen LogP contribution in [0.1, 0.15) is 6.42 Å². The molecular formula is C15H18ClN5O2. The molecule has 2 aromatic rings. The number of nitrogens with one attached hydrogen (secondary N) is 2. The second-order valence-electron chi connectivity index (χ2n) is 5.40. The van der Waals surface area contributed by atoms with E-state index in [1.165, 1.54) is 0 Å². The molecule has 3 heterocycles. The van der Waals surface area contributed by atoms with Crippen LogP contribution in [0.2, 0.25) is 5.02 Å². The van der Waals surface area contributed by atoms with Gasteiger partial charge in [-0.25, -0.2) is 4.98 Å². The molecule has 122 valence electrons. The molecule has 0 radical (unpaired) electrons. The van der Waals surface area contributed by atoms with Crippen molar-refractivity contribution in [2.75, 3.05) is 31.1 Å². The van der Waals surface area contributed by atoms with Crippen molar-refractivity contribution in [3.8, 4) is 11.4 Å². The van der Waals surface area contributed by atoms with Crippen LogP contribution >= 0.6 is 11.6 Å². The molecule has 1 saturated heterocycles. The van der Waals surface area contributed by atoms with Gasteiger partial charge in [0.15, 0.2) is 5.82 Å². The molecule has 3 N–H and O–H groups in total. The van der Waals surface area contributed by atoms with Gasteiger partial charge in [-0.2, -0.15) is 0 Å². The molecule has 0 aromatic carbocycles. The minimum atomic E-state index is -0.360. The van der Waals surface area contributed by atoms with Crippen LogP contribution in [-0.4, -0.2) is 52.3 Å². The highest BCUT2D eigenvalue weighted by atomic mass is 35.5. The molecule has 7 nitrogen and oxygen atoms in total. The summed E-state index contributed by atoms with van der Waals surface area (Å²) in [5.41, 5.74) is 0.415. The van der Waals surface area contributed by atoms with E-state index in [1.807, 2.05) is 4.90 Å². The first kappa shape index (κ1) is 15.9. The molecule has 23 heavy (non-hydrogen) atoms. The van der Waals surface area contributed by atoms with Gasteiger partial charge in [0.05, 0.1) is 0 Å². The summed E-state index contributed by atoms with van der Waals surface area (Å²) in [6.45, 7) is 2.21. The monoisotopic (exact) mass is 335 g/mol. The van der Waals surface area contributed by atoms with E-state index in [-0.39, 0.29) is 23.2 Å². The van der Waals surface area contributed by atoms with E-state index in [1.54, 1.807) is 24.5 Å². The normalized spacial score (nSPS) is 18.2. The molecule has 0 unspecified atom stereocenters. The van der Waals surface area contributed by atoms with Crippen molar-refractivity contribution in [1.29, 1.82) is 0 Å². The Bertz CT molecular complexity index is 720. The van der Waals surface area contributed by atoms with Gasteiger partial charge in [-0.05, 0) is 18.6 Å². The van der Waals surface area contributed by atoms with Crippen LogP contribution in [0.25, 0.3) is 11.4 Å². The number of halogens is 1. The van der Waals surface area contributed by atoms with Gasteiger partial charge in [-0.15, -0.1) is 0 Å². The van der Waals surface area contributed by atoms with E-state index in [4.69, 9.17) is 16.7 Å². The van der Waals surface area contributed by atoms with Crippen LogP contribution in [-0.2, 0) is 0 Å². The molecule has 0 amide bonds. The topological polar surface area (TPSA) is 94.1 Å². The summed E-state index contributed by atoms with van der Waals surface area (Å²) in [6.07, 6.45) is 3.94. The number of hydrogen-bond donors (Lipinski definition) is 3. The van der Waals surface area contributed by atoms with Gasteiger partial charge in [-0.3, -0.25) is 9.78 Å². The summed E-state index contributed by atoms with van der Waals surface area (Å²) in [6, 6.07) is 3.71. The van der Waals surface area contributed by atoms with Crippen LogP contribution in [0.15, 0.2) is 29.3 Å². The zero-order chi connectivity index (χ0) is 16.2. The summed E-state index contributed by atoms with van der Waals surface area (Å²) >= 11 is 6.18. The number of nitrogens with zero attached hydrogens (tertiary/aromatic N) is 3. The molecule has 0 aliphatic carbocycles. The molecule has 2 aromatic heterocycles. The number of aromatic amines is 1. The first-order valence-electron chi connectivity index (χ1n) is 7.48. The van der Waals surface area contributed by atoms with Crippen LogP contribution in [0.3, 0.4) is 0 Å². The van der Waals surface area contributed by atoms with Gasteiger partial charge >= 0.3 is 0 Å². The van der Waals surface area contributed by atoms with E-state index < -0.39 is 0 Å². The number of anilines is 1. The Morgan fingerprint density at radius 3 is 2.91 bits per heavy atom. The maximum Gasteiger partial charge on any atom is 0.272 e. The molecule has 1 aliphatic heterocycles. The Hall–Kier alpha value is -1.96. The summed E-state index contributed by atoms with van der Waals surface area (Å²) in [4.78, 5) is 25.4. The molecular weight excluding hydrogens is 318 g/mol. The predicted molar refractivity (Wildman–Crippen MR) is 88.8 cm³/mol. The maximum absolute atomic E-state index is 12.2. The number of aliphatic hydroxyl groups is 1. The minimum absolute atomic E-state index is 0.0902. The lowest BCUT2D eigenvalue weighted by molar-refractivity contribution is 0.260. The van der Waals surface area contributed by atoms with Crippen molar-refractivity contribution in [2.45, 2.75) is 12.5 Å². The molecule has 8 heteroatoms. The first-order chi connectivity index (χ1) is 11.2. The first-order valence-corrected chi connectivity index (χ1v) is 7.86. The van der Waals surface area contributed by atoms with Crippen molar-refractivity contribution in [3.63, 3.8) is 0 Å². The largest absolute Gasteiger partial charge is 0.396 e. The predicted octanol–water partition coefficient (Wildman–Crippen LogP) is 0.646. The maximum atomic E-state index is 12.2. The highest BCUT2D eigenvalue weighted by molar-refractivity contribution is 6.32. The quantitative estimate of drug-likeness (QED) is 0.759. The third-order valence-electron chi connectivity index (χ3n) is 3.83. The second kappa shape index (κ2) is 7.08. The molecule has 0 bridgehead atoms. The summed E-state index contributed by atoms with van der Waals surface area (Å²) in [7, 11) is 0. The van der Waals surface area contributed by atoms with Crippen molar-refractivity contribution >= 4 is 17.4 Å². The van der Waals surface area contributed by atoms with Gasteiger partial charge in [0.25, 0.3) is 5.56 Å². The summed E-state index contributed by atoms with van der Waals surface area (Å²) in [5, 5.41) is 12.5. The number of hydrogen-bond acceptors (Lipinski definition) is 6. The molecule has 3 rings (SSSR count). The molecule has 1 aliphatic rings. The Balaban J connectivity index is 1.95. The van der Waals surface area contributed by atoms with Crippen LogP contribution in [0, 0.1) is 0 Å². The molecule has 1 atom stereocenters. The van der Waals surface area contributed by atoms with E-state index in [0.717, 1.165) is 12.1 Å². The zero-order valence-corrected chi connectivity index (χ0v) is 13.3. The fraction of sp³-hybridized carbons (Fsp3) is 0.400. The SMILES string of the molecule is O=c1[nH]c(-c2ccncc2)nc(N2CCN[C@H](CCO)C2)c1Cl. The average Bonchev–Trinajstić information content (AvgIpc) is 2.58. The van der Waals surface area contributed by atoms with Gasteiger partial charge in [0, 0.05) is 50.2 Å². The van der Waals surface area contributed by atoms with E-state index in [0.29, 0.717) is 31.2 Å². The smallest absolute Gasteiger partial charge is 0.272 e. The van der Waals surface area contributed by atoms with E-state index in [2.05, 4.69) is 20.3 Å². The average molecular weight is 336 g/mol. The van der Waals surface area contributed by atoms with Crippen molar-refractivity contribution in [3.05, 3.63) is 39.9 Å². The van der Waals surface area contributed by atoms with Crippen LogP contribution in [0.5, 0.6) is 0 Å². The number of rotatable bonds is 4. The molecule has 0 saturated carbocycles. The third-order valence-corrected chi connectivity index (χ3v) is 4.17.